The molecule has 16 heavy (non-hydrogen) atoms. The van der Waals surface area contributed by atoms with Gasteiger partial charge in [0.1, 0.15) is 5.75 Å². The Kier molecular flexibility index (Phi) is 2.60. The molecule has 0 bridgehead atoms. The van der Waals surface area contributed by atoms with E-state index >= 15 is 0 Å². The van der Waals surface area contributed by atoms with Crippen LogP contribution in [0.1, 0.15) is 30.7 Å². The maximum atomic E-state index is 5.28. The summed E-state index contributed by atoms with van der Waals surface area (Å²) >= 11 is 0. The van der Waals surface area contributed by atoms with Crippen molar-refractivity contribution in [1.82, 2.24) is 5.32 Å². The van der Waals surface area contributed by atoms with Crippen LogP contribution in [0.25, 0.3) is 0 Å². The molecule has 2 fully saturated rings. The molecular formula is C14H19NO. The largest absolute Gasteiger partial charge is 0.497 e. The van der Waals surface area contributed by atoms with E-state index in [9.17, 15) is 0 Å². The minimum atomic E-state index is 0.681. The molecular weight excluding hydrogens is 198 g/mol. The summed E-state index contributed by atoms with van der Waals surface area (Å²) in [7, 11) is 1.74. The lowest BCUT2D eigenvalue weighted by Crippen LogP contribution is -2.22. The van der Waals surface area contributed by atoms with Gasteiger partial charge < -0.3 is 10.1 Å². The van der Waals surface area contributed by atoms with Crippen LogP contribution in [0, 0.1) is 5.92 Å². The van der Waals surface area contributed by atoms with E-state index in [1.807, 2.05) is 6.07 Å². The zero-order valence-electron chi connectivity index (χ0n) is 9.78. The van der Waals surface area contributed by atoms with Gasteiger partial charge in [0.15, 0.2) is 0 Å². The van der Waals surface area contributed by atoms with E-state index < -0.39 is 0 Å². The normalized spacial score (nSPS) is 29.3. The molecule has 1 aliphatic heterocycles. The molecule has 2 heteroatoms. The SMILES string of the molecule is COc1cccc(C2CNC(C3CC3)C2)c1. The first-order chi connectivity index (χ1) is 7.86. The zero-order valence-corrected chi connectivity index (χ0v) is 9.78. The van der Waals surface area contributed by atoms with Crippen LogP contribution in [-0.2, 0) is 0 Å². The molecule has 2 nitrogen and oxygen atoms in total. The topological polar surface area (TPSA) is 21.3 Å². The van der Waals surface area contributed by atoms with Crippen molar-refractivity contribution in [2.24, 2.45) is 5.92 Å². The van der Waals surface area contributed by atoms with Crippen LogP contribution in [0.15, 0.2) is 24.3 Å². The van der Waals surface area contributed by atoms with Gasteiger partial charge in [-0.25, -0.2) is 0 Å². The van der Waals surface area contributed by atoms with Gasteiger partial charge in [0, 0.05) is 12.6 Å². The van der Waals surface area contributed by atoms with Gasteiger partial charge in [-0.2, -0.15) is 0 Å². The summed E-state index contributed by atoms with van der Waals surface area (Å²) in [5.41, 5.74) is 1.43. The van der Waals surface area contributed by atoms with Gasteiger partial charge in [-0.1, -0.05) is 12.1 Å². The monoisotopic (exact) mass is 217 g/mol. The van der Waals surface area contributed by atoms with Gasteiger partial charge in [-0.05, 0) is 48.8 Å². The Hall–Kier alpha value is -1.02. The lowest BCUT2D eigenvalue weighted by molar-refractivity contribution is 0.414. The highest BCUT2D eigenvalue weighted by molar-refractivity contribution is 5.31. The third-order valence-corrected chi connectivity index (χ3v) is 3.92. The van der Waals surface area contributed by atoms with E-state index in [0.717, 1.165) is 24.3 Å². The van der Waals surface area contributed by atoms with Gasteiger partial charge >= 0.3 is 0 Å². The number of rotatable bonds is 3. The van der Waals surface area contributed by atoms with Crippen LogP contribution in [0.3, 0.4) is 0 Å². The number of methoxy groups -OCH3 is 1. The summed E-state index contributed by atoms with van der Waals surface area (Å²) < 4.78 is 5.28. The Morgan fingerprint density at radius 2 is 2.19 bits per heavy atom. The first kappa shape index (κ1) is 10.2. The van der Waals surface area contributed by atoms with Crippen LogP contribution in [0.2, 0.25) is 0 Å². The average Bonchev–Trinajstić information content (AvgIpc) is 3.07. The van der Waals surface area contributed by atoms with Crippen LogP contribution >= 0.6 is 0 Å². The molecule has 2 atom stereocenters. The minimum absolute atomic E-state index is 0.681. The molecule has 0 spiro atoms. The molecule has 86 valence electrons. The van der Waals surface area contributed by atoms with Crippen LogP contribution < -0.4 is 10.1 Å². The van der Waals surface area contributed by atoms with E-state index in [1.165, 1.54) is 24.8 Å². The smallest absolute Gasteiger partial charge is 0.119 e. The van der Waals surface area contributed by atoms with Crippen molar-refractivity contribution in [1.29, 1.82) is 0 Å². The van der Waals surface area contributed by atoms with Gasteiger partial charge in [0.2, 0.25) is 0 Å². The van der Waals surface area contributed by atoms with E-state index in [0.29, 0.717) is 5.92 Å². The molecule has 2 unspecified atom stereocenters. The molecule has 1 aromatic carbocycles. The van der Waals surface area contributed by atoms with Crippen molar-refractivity contribution >= 4 is 0 Å². The second-order valence-electron chi connectivity index (χ2n) is 5.06. The van der Waals surface area contributed by atoms with E-state index in [1.54, 1.807) is 7.11 Å². The second kappa shape index (κ2) is 4.10. The lowest BCUT2D eigenvalue weighted by atomic mass is 9.95. The number of benzene rings is 1. The number of hydrogen-bond donors (Lipinski definition) is 1. The van der Waals surface area contributed by atoms with Crippen LogP contribution in [0.4, 0.5) is 0 Å². The maximum absolute atomic E-state index is 5.28. The second-order valence-corrected chi connectivity index (χ2v) is 5.06. The van der Waals surface area contributed by atoms with E-state index in [-0.39, 0.29) is 0 Å². The number of ether oxygens (including phenoxy) is 1. The standard InChI is InChI=1S/C14H19NO/c1-16-13-4-2-3-11(7-13)12-8-14(15-9-12)10-5-6-10/h2-4,7,10,12,14-15H,5-6,8-9H2,1H3. The van der Waals surface area contributed by atoms with Gasteiger partial charge in [0.25, 0.3) is 0 Å². The predicted molar refractivity (Wildman–Crippen MR) is 64.9 cm³/mol. The first-order valence-corrected chi connectivity index (χ1v) is 6.24. The van der Waals surface area contributed by atoms with E-state index in [2.05, 4.69) is 23.5 Å². The molecule has 0 amide bonds. The third kappa shape index (κ3) is 1.94. The van der Waals surface area contributed by atoms with Gasteiger partial charge in [-0.3, -0.25) is 0 Å². The molecule has 1 saturated carbocycles. The highest BCUT2D eigenvalue weighted by atomic mass is 16.5. The molecule has 0 radical (unpaired) electrons. The van der Waals surface area contributed by atoms with Crippen LogP contribution in [-0.4, -0.2) is 19.7 Å². The summed E-state index contributed by atoms with van der Waals surface area (Å²) in [6.45, 7) is 1.13. The Bertz CT molecular complexity index is 373. The van der Waals surface area contributed by atoms with Gasteiger partial charge in [0.05, 0.1) is 7.11 Å². The van der Waals surface area contributed by atoms with Gasteiger partial charge in [-0.15, -0.1) is 0 Å². The molecule has 1 aromatic rings. The van der Waals surface area contributed by atoms with Crippen molar-refractivity contribution in [3.05, 3.63) is 29.8 Å². The Labute approximate surface area is 97.0 Å². The van der Waals surface area contributed by atoms with Crippen molar-refractivity contribution in [3.8, 4) is 5.75 Å². The summed E-state index contributed by atoms with van der Waals surface area (Å²) in [5, 5.41) is 3.66. The fourth-order valence-electron chi connectivity index (χ4n) is 2.77. The van der Waals surface area contributed by atoms with Crippen LogP contribution in [0.5, 0.6) is 5.75 Å². The molecule has 1 aliphatic carbocycles. The Morgan fingerprint density at radius 3 is 2.94 bits per heavy atom. The van der Waals surface area contributed by atoms with Crippen molar-refractivity contribution in [3.63, 3.8) is 0 Å². The zero-order chi connectivity index (χ0) is 11.0. The summed E-state index contributed by atoms with van der Waals surface area (Å²) in [6, 6.07) is 9.30. The summed E-state index contributed by atoms with van der Waals surface area (Å²) in [4.78, 5) is 0. The van der Waals surface area contributed by atoms with Crippen molar-refractivity contribution in [2.45, 2.75) is 31.2 Å². The highest BCUT2D eigenvalue weighted by Crippen LogP contribution is 2.40. The molecule has 1 heterocycles. The first-order valence-electron chi connectivity index (χ1n) is 6.24. The average molecular weight is 217 g/mol. The highest BCUT2D eigenvalue weighted by Gasteiger charge is 2.36. The minimum Gasteiger partial charge on any atom is -0.497 e. The molecule has 2 aliphatic rings. The number of nitrogens with one attached hydrogen (secondary N) is 1. The van der Waals surface area contributed by atoms with Crippen molar-refractivity contribution in [2.75, 3.05) is 13.7 Å². The molecule has 0 aromatic heterocycles. The van der Waals surface area contributed by atoms with Crippen molar-refractivity contribution < 1.29 is 4.74 Å². The number of hydrogen-bond acceptors (Lipinski definition) is 2. The maximum Gasteiger partial charge on any atom is 0.119 e. The summed E-state index contributed by atoms with van der Waals surface area (Å²) in [5.74, 6) is 2.63. The fourth-order valence-corrected chi connectivity index (χ4v) is 2.77. The Morgan fingerprint density at radius 1 is 1.31 bits per heavy atom. The molecule has 1 N–H and O–H groups in total. The molecule has 3 rings (SSSR count). The van der Waals surface area contributed by atoms with E-state index in [4.69, 9.17) is 4.74 Å². The Balaban J connectivity index is 1.72. The quantitative estimate of drug-likeness (QED) is 0.840. The fraction of sp³-hybridized carbons (Fsp3) is 0.571. The molecule has 1 saturated heterocycles. The summed E-state index contributed by atoms with van der Waals surface area (Å²) in [6.07, 6.45) is 4.17. The lowest BCUT2D eigenvalue weighted by Gasteiger charge is -2.11. The third-order valence-electron chi connectivity index (χ3n) is 3.92. The predicted octanol–water partition coefficient (Wildman–Crippen LogP) is 2.55.